The first-order chi connectivity index (χ1) is 12.4. The Hall–Kier alpha value is -3.41. The molecular formula is C20H20N2O4. The van der Waals surface area contributed by atoms with Crippen molar-refractivity contribution in [1.29, 1.82) is 0 Å². The molecule has 134 valence electrons. The van der Waals surface area contributed by atoms with Gasteiger partial charge in [0.1, 0.15) is 6.04 Å². The van der Waals surface area contributed by atoms with Crippen LogP contribution < -0.4 is 5.32 Å². The van der Waals surface area contributed by atoms with Crippen molar-refractivity contribution in [1.82, 2.24) is 10.2 Å². The molecule has 0 aliphatic carbocycles. The molecule has 0 saturated heterocycles. The van der Waals surface area contributed by atoms with Crippen LogP contribution in [0.3, 0.4) is 0 Å². The van der Waals surface area contributed by atoms with Gasteiger partial charge in [0.2, 0.25) is 0 Å². The number of likely N-dealkylation sites (N-methyl/N-ethyl adjacent to an activating group) is 1. The number of hydrogen-bond donors (Lipinski definition) is 2. The van der Waals surface area contributed by atoms with Gasteiger partial charge in [-0.2, -0.15) is 0 Å². The van der Waals surface area contributed by atoms with Gasteiger partial charge in [-0.15, -0.1) is 0 Å². The summed E-state index contributed by atoms with van der Waals surface area (Å²) in [5.41, 5.74) is 0.988. The number of amides is 2. The predicted octanol–water partition coefficient (Wildman–Crippen LogP) is 2.08. The second kappa shape index (κ2) is 8.62. The lowest BCUT2D eigenvalue weighted by Crippen LogP contribution is -2.46. The normalized spacial score (nSPS) is 11.3. The Labute approximate surface area is 151 Å². The van der Waals surface area contributed by atoms with E-state index in [9.17, 15) is 19.5 Å². The average molecular weight is 352 g/mol. The first-order valence-electron chi connectivity index (χ1n) is 7.99. The number of hydrogen-bond acceptors (Lipinski definition) is 3. The van der Waals surface area contributed by atoms with Gasteiger partial charge in [-0.1, -0.05) is 55.1 Å². The third-order valence-electron chi connectivity index (χ3n) is 3.90. The SMILES string of the molecule is C=C(NC(=O)c1ccccc1)C(=O)N(C)[C@@H](Cc1ccccc1)C(=O)O. The molecule has 26 heavy (non-hydrogen) atoms. The van der Waals surface area contributed by atoms with Crippen molar-refractivity contribution in [2.24, 2.45) is 0 Å². The maximum Gasteiger partial charge on any atom is 0.326 e. The van der Waals surface area contributed by atoms with Gasteiger partial charge in [0.25, 0.3) is 11.8 Å². The largest absolute Gasteiger partial charge is 0.480 e. The summed E-state index contributed by atoms with van der Waals surface area (Å²) in [6.07, 6.45) is 0.151. The number of carbonyl (C=O) groups is 3. The van der Waals surface area contributed by atoms with Crippen molar-refractivity contribution in [2.45, 2.75) is 12.5 Å². The Morgan fingerprint density at radius 3 is 2.12 bits per heavy atom. The second-order valence-electron chi connectivity index (χ2n) is 5.76. The summed E-state index contributed by atoms with van der Waals surface area (Å²) in [6.45, 7) is 3.57. The molecule has 0 spiro atoms. The number of rotatable bonds is 7. The lowest BCUT2D eigenvalue weighted by Gasteiger charge is -2.25. The molecule has 2 rings (SSSR count). The van der Waals surface area contributed by atoms with Crippen LogP contribution in [0.1, 0.15) is 15.9 Å². The molecule has 0 unspecified atom stereocenters. The van der Waals surface area contributed by atoms with Crippen LogP contribution in [0.15, 0.2) is 72.9 Å². The zero-order valence-electron chi connectivity index (χ0n) is 14.4. The molecule has 1 atom stereocenters. The number of carboxylic acids is 1. The molecule has 6 nitrogen and oxygen atoms in total. The van der Waals surface area contributed by atoms with Crippen molar-refractivity contribution in [3.63, 3.8) is 0 Å². The molecule has 0 aromatic heterocycles. The van der Waals surface area contributed by atoms with E-state index in [0.717, 1.165) is 10.5 Å². The molecule has 2 amide bonds. The number of carbonyl (C=O) groups excluding carboxylic acids is 2. The summed E-state index contributed by atoms with van der Waals surface area (Å²) >= 11 is 0. The quantitative estimate of drug-likeness (QED) is 0.747. The van der Waals surface area contributed by atoms with Gasteiger partial charge < -0.3 is 15.3 Å². The van der Waals surface area contributed by atoms with Crippen molar-refractivity contribution < 1.29 is 19.5 Å². The summed E-state index contributed by atoms with van der Waals surface area (Å²) in [7, 11) is 1.38. The summed E-state index contributed by atoms with van der Waals surface area (Å²) in [5, 5.41) is 11.9. The minimum atomic E-state index is -1.13. The van der Waals surface area contributed by atoms with Crippen LogP contribution in [-0.2, 0) is 16.0 Å². The third kappa shape index (κ3) is 4.80. The zero-order chi connectivity index (χ0) is 19.1. The monoisotopic (exact) mass is 352 g/mol. The lowest BCUT2D eigenvalue weighted by atomic mass is 10.0. The zero-order valence-corrected chi connectivity index (χ0v) is 14.4. The Balaban J connectivity index is 2.06. The van der Waals surface area contributed by atoms with Gasteiger partial charge in [-0.25, -0.2) is 4.79 Å². The van der Waals surface area contributed by atoms with Gasteiger partial charge in [-0.05, 0) is 17.7 Å². The molecule has 2 aromatic rings. The van der Waals surface area contributed by atoms with E-state index in [0.29, 0.717) is 5.56 Å². The van der Waals surface area contributed by atoms with E-state index in [1.54, 1.807) is 54.6 Å². The summed E-state index contributed by atoms with van der Waals surface area (Å²) in [5.74, 6) is -2.27. The molecule has 6 heteroatoms. The van der Waals surface area contributed by atoms with Crippen LogP contribution in [0.2, 0.25) is 0 Å². The highest BCUT2D eigenvalue weighted by molar-refractivity contribution is 6.03. The Morgan fingerprint density at radius 1 is 1.04 bits per heavy atom. The van der Waals surface area contributed by atoms with Crippen LogP contribution >= 0.6 is 0 Å². The maximum absolute atomic E-state index is 12.5. The van der Waals surface area contributed by atoms with Gasteiger partial charge in [0.15, 0.2) is 0 Å². The maximum atomic E-state index is 12.5. The van der Waals surface area contributed by atoms with E-state index in [-0.39, 0.29) is 12.1 Å². The number of nitrogens with one attached hydrogen (secondary N) is 1. The Morgan fingerprint density at radius 2 is 1.58 bits per heavy atom. The first-order valence-corrected chi connectivity index (χ1v) is 7.99. The minimum Gasteiger partial charge on any atom is -0.480 e. The first kappa shape index (κ1) is 18.9. The topological polar surface area (TPSA) is 86.7 Å². The van der Waals surface area contributed by atoms with Crippen molar-refractivity contribution in [2.75, 3.05) is 7.05 Å². The molecule has 0 heterocycles. The second-order valence-corrected chi connectivity index (χ2v) is 5.76. The molecule has 2 N–H and O–H groups in total. The summed E-state index contributed by atoms with van der Waals surface area (Å²) < 4.78 is 0. The van der Waals surface area contributed by atoms with Gasteiger partial charge in [0.05, 0.1) is 5.70 Å². The predicted molar refractivity (Wildman–Crippen MR) is 97.4 cm³/mol. The smallest absolute Gasteiger partial charge is 0.326 e. The number of benzene rings is 2. The molecule has 0 aliphatic heterocycles. The van der Waals surface area contributed by atoms with Crippen molar-refractivity contribution in [3.05, 3.63) is 84.1 Å². The molecule has 2 aromatic carbocycles. The Kier molecular flexibility index (Phi) is 6.27. The molecule has 0 aliphatic rings. The number of aliphatic carboxylic acids is 1. The fraction of sp³-hybridized carbons (Fsp3) is 0.150. The van der Waals surface area contributed by atoms with E-state index in [1.807, 2.05) is 6.07 Å². The highest BCUT2D eigenvalue weighted by Crippen LogP contribution is 2.11. The summed E-state index contributed by atoms with van der Waals surface area (Å²) in [6, 6.07) is 16.3. The fourth-order valence-electron chi connectivity index (χ4n) is 2.43. The van der Waals surface area contributed by atoms with E-state index in [4.69, 9.17) is 0 Å². The molecular weight excluding hydrogens is 332 g/mol. The summed E-state index contributed by atoms with van der Waals surface area (Å²) in [4.78, 5) is 37.3. The van der Waals surface area contributed by atoms with E-state index < -0.39 is 23.8 Å². The van der Waals surface area contributed by atoms with E-state index >= 15 is 0 Å². The van der Waals surface area contributed by atoms with Crippen LogP contribution in [0.25, 0.3) is 0 Å². The fourth-order valence-corrected chi connectivity index (χ4v) is 2.43. The van der Waals surface area contributed by atoms with Gasteiger partial charge in [-0.3, -0.25) is 9.59 Å². The average Bonchev–Trinajstić information content (AvgIpc) is 2.66. The minimum absolute atomic E-state index is 0.151. The number of carboxylic acid groups (broad SMARTS) is 1. The van der Waals surface area contributed by atoms with Crippen LogP contribution in [0.4, 0.5) is 0 Å². The van der Waals surface area contributed by atoms with Crippen molar-refractivity contribution in [3.8, 4) is 0 Å². The van der Waals surface area contributed by atoms with E-state index in [1.165, 1.54) is 7.05 Å². The molecule has 0 fully saturated rings. The Bertz CT molecular complexity index is 803. The highest BCUT2D eigenvalue weighted by atomic mass is 16.4. The molecule has 0 bridgehead atoms. The lowest BCUT2D eigenvalue weighted by molar-refractivity contribution is -0.147. The van der Waals surface area contributed by atoms with E-state index in [2.05, 4.69) is 11.9 Å². The molecule has 0 saturated carbocycles. The standard InChI is InChI=1S/C20H20N2O4/c1-14(21-18(23)16-11-7-4-8-12-16)19(24)22(2)17(20(25)26)13-15-9-5-3-6-10-15/h3-12,17H,1,13H2,2H3,(H,21,23)(H,25,26)/t17-/m0/s1. The highest BCUT2D eigenvalue weighted by Gasteiger charge is 2.28. The van der Waals surface area contributed by atoms with Crippen LogP contribution in [-0.4, -0.2) is 40.9 Å². The third-order valence-corrected chi connectivity index (χ3v) is 3.90. The van der Waals surface area contributed by atoms with Gasteiger partial charge in [0, 0.05) is 19.0 Å². The number of nitrogens with zero attached hydrogens (tertiary/aromatic N) is 1. The van der Waals surface area contributed by atoms with Gasteiger partial charge >= 0.3 is 5.97 Å². The van der Waals surface area contributed by atoms with Crippen LogP contribution in [0, 0.1) is 0 Å². The molecule has 0 radical (unpaired) electrons. The van der Waals surface area contributed by atoms with Crippen molar-refractivity contribution >= 4 is 17.8 Å². The van der Waals surface area contributed by atoms with Crippen LogP contribution in [0.5, 0.6) is 0 Å².